The lowest BCUT2D eigenvalue weighted by molar-refractivity contribution is -0.125. The van der Waals surface area contributed by atoms with Crippen molar-refractivity contribution >= 4 is 17.6 Å². The van der Waals surface area contributed by atoms with Crippen molar-refractivity contribution in [1.29, 1.82) is 0 Å². The fourth-order valence-corrected chi connectivity index (χ4v) is 2.32. The molecule has 0 spiro atoms. The molecule has 1 aromatic carbocycles. The average molecular weight is 261 g/mol. The van der Waals surface area contributed by atoms with Gasteiger partial charge in [0.05, 0.1) is 5.56 Å². The highest BCUT2D eigenvalue weighted by Crippen LogP contribution is 2.31. The van der Waals surface area contributed by atoms with Crippen molar-refractivity contribution in [3.8, 4) is 0 Å². The van der Waals surface area contributed by atoms with Crippen LogP contribution in [0.1, 0.15) is 43.1 Å². The van der Waals surface area contributed by atoms with Gasteiger partial charge >= 0.3 is 5.97 Å². The average Bonchev–Trinajstić information content (AvgIpc) is 2.35. The quantitative estimate of drug-likeness (QED) is 0.845. The summed E-state index contributed by atoms with van der Waals surface area (Å²) in [5, 5.41) is 9.07. The zero-order chi connectivity index (χ0) is 14.2. The molecule has 0 saturated carbocycles. The van der Waals surface area contributed by atoms with E-state index >= 15 is 0 Å². The highest BCUT2D eigenvalue weighted by atomic mass is 16.4. The predicted molar refractivity (Wildman–Crippen MR) is 73.5 cm³/mol. The van der Waals surface area contributed by atoms with Gasteiger partial charge in [0, 0.05) is 17.6 Å². The first-order chi connectivity index (χ1) is 8.80. The summed E-state index contributed by atoms with van der Waals surface area (Å²) in [7, 11) is 0. The highest BCUT2D eigenvalue weighted by Gasteiger charge is 2.31. The summed E-state index contributed by atoms with van der Waals surface area (Å²) in [6.45, 7) is 6.30. The molecule has 0 fully saturated rings. The Hall–Kier alpha value is -1.84. The normalized spacial score (nSPS) is 15.0. The van der Waals surface area contributed by atoms with Gasteiger partial charge in [0.2, 0.25) is 5.91 Å². The molecule has 19 heavy (non-hydrogen) atoms. The van der Waals surface area contributed by atoms with Crippen molar-refractivity contribution in [2.75, 3.05) is 11.4 Å². The fourth-order valence-electron chi connectivity index (χ4n) is 2.32. The predicted octanol–water partition coefficient (Wildman–Crippen LogP) is 2.71. The Morgan fingerprint density at radius 3 is 2.53 bits per heavy atom. The van der Waals surface area contributed by atoms with Gasteiger partial charge in [-0.3, -0.25) is 4.79 Å². The van der Waals surface area contributed by atoms with E-state index in [1.807, 2.05) is 26.8 Å². The molecule has 0 saturated heterocycles. The van der Waals surface area contributed by atoms with Crippen LogP contribution >= 0.6 is 0 Å². The number of carbonyl (C=O) groups is 2. The van der Waals surface area contributed by atoms with Crippen LogP contribution in [-0.4, -0.2) is 23.5 Å². The van der Waals surface area contributed by atoms with Crippen molar-refractivity contribution in [2.45, 2.75) is 33.6 Å². The zero-order valence-electron chi connectivity index (χ0n) is 11.6. The van der Waals surface area contributed by atoms with Crippen molar-refractivity contribution < 1.29 is 14.7 Å². The number of aryl methyl sites for hydroxylation is 1. The molecule has 102 valence electrons. The van der Waals surface area contributed by atoms with Crippen LogP contribution in [0, 0.1) is 5.41 Å². The number of benzene rings is 1. The molecule has 0 bridgehead atoms. The standard InChI is InChI=1S/C15H19NO3/c1-15(2,3)14(19)16-8-4-5-10-6-7-11(13(17)18)9-12(10)16/h6-7,9H,4-5,8H2,1-3H3,(H,17,18). The third-order valence-corrected chi connectivity index (χ3v) is 3.34. The van der Waals surface area contributed by atoms with Crippen LogP contribution in [-0.2, 0) is 11.2 Å². The highest BCUT2D eigenvalue weighted by molar-refractivity contribution is 5.99. The smallest absolute Gasteiger partial charge is 0.335 e. The van der Waals surface area contributed by atoms with Crippen LogP contribution in [0.2, 0.25) is 0 Å². The summed E-state index contributed by atoms with van der Waals surface area (Å²) < 4.78 is 0. The number of hydrogen-bond acceptors (Lipinski definition) is 2. The lowest BCUT2D eigenvalue weighted by Gasteiger charge is -2.34. The minimum atomic E-state index is -0.962. The number of carboxylic acids is 1. The summed E-state index contributed by atoms with van der Waals surface area (Å²) in [5.74, 6) is -0.924. The molecule has 1 heterocycles. The first-order valence-electron chi connectivity index (χ1n) is 6.49. The molecule has 4 heteroatoms. The molecule has 0 aromatic heterocycles. The van der Waals surface area contributed by atoms with Gasteiger partial charge in [0.15, 0.2) is 0 Å². The maximum atomic E-state index is 12.4. The van der Waals surface area contributed by atoms with Crippen LogP contribution in [0.15, 0.2) is 18.2 Å². The molecule has 1 amide bonds. The molecule has 1 N–H and O–H groups in total. The summed E-state index contributed by atoms with van der Waals surface area (Å²) >= 11 is 0. The summed E-state index contributed by atoms with van der Waals surface area (Å²) in [6, 6.07) is 5.04. The molecule has 0 unspecified atom stereocenters. The molecule has 4 nitrogen and oxygen atoms in total. The van der Waals surface area contributed by atoms with E-state index in [0.29, 0.717) is 6.54 Å². The second-order valence-corrected chi connectivity index (χ2v) is 5.96. The SMILES string of the molecule is CC(C)(C)C(=O)N1CCCc2ccc(C(=O)O)cc21. The molecular weight excluding hydrogens is 242 g/mol. The second-order valence-electron chi connectivity index (χ2n) is 5.96. The van der Waals surface area contributed by atoms with Gasteiger partial charge < -0.3 is 10.0 Å². The van der Waals surface area contributed by atoms with Crippen LogP contribution in [0.4, 0.5) is 5.69 Å². The van der Waals surface area contributed by atoms with Crippen molar-refractivity contribution in [2.24, 2.45) is 5.41 Å². The van der Waals surface area contributed by atoms with E-state index in [0.717, 1.165) is 24.1 Å². The monoisotopic (exact) mass is 261 g/mol. The Balaban J connectivity index is 2.45. The van der Waals surface area contributed by atoms with E-state index in [-0.39, 0.29) is 11.5 Å². The molecule has 2 rings (SSSR count). The summed E-state index contributed by atoms with van der Waals surface area (Å²) in [6.07, 6.45) is 1.81. The van der Waals surface area contributed by atoms with Gasteiger partial charge in [-0.1, -0.05) is 26.8 Å². The molecule has 0 radical (unpaired) electrons. The van der Waals surface area contributed by atoms with Gasteiger partial charge in [0.1, 0.15) is 0 Å². The third-order valence-electron chi connectivity index (χ3n) is 3.34. The number of rotatable bonds is 1. The number of fused-ring (bicyclic) bond motifs is 1. The minimum absolute atomic E-state index is 0.0380. The Morgan fingerprint density at radius 2 is 1.95 bits per heavy atom. The Kier molecular flexibility index (Phi) is 3.35. The maximum absolute atomic E-state index is 12.4. The van der Waals surface area contributed by atoms with Crippen LogP contribution in [0.5, 0.6) is 0 Å². The first-order valence-corrected chi connectivity index (χ1v) is 6.49. The number of carboxylic acid groups (broad SMARTS) is 1. The van der Waals surface area contributed by atoms with Gasteiger partial charge in [-0.2, -0.15) is 0 Å². The van der Waals surface area contributed by atoms with E-state index < -0.39 is 11.4 Å². The van der Waals surface area contributed by atoms with Crippen molar-refractivity contribution in [1.82, 2.24) is 0 Å². The molecule has 1 aliphatic heterocycles. The summed E-state index contributed by atoms with van der Waals surface area (Å²) in [5.41, 5.74) is 1.57. The third kappa shape index (κ3) is 2.62. The first kappa shape index (κ1) is 13.6. The van der Waals surface area contributed by atoms with Crippen molar-refractivity contribution in [3.63, 3.8) is 0 Å². The van der Waals surface area contributed by atoms with Gasteiger partial charge in [-0.25, -0.2) is 4.79 Å². The van der Waals surface area contributed by atoms with E-state index in [1.165, 1.54) is 0 Å². The van der Waals surface area contributed by atoms with Crippen LogP contribution in [0.25, 0.3) is 0 Å². The molecule has 1 aromatic rings. The number of amides is 1. The summed E-state index contributed by atoms with van der Waals surface area (Å²) in [4.78, 5) is 25.2. The molecule has 1 aliphatic rings. The maximum Gasteiger partial charge on any atom is 0.335 e. The Morgan fingerprint density at radius 1 is 1.26 bits per heavy atom. The van der Waals surface area contributed by atoms with E-state index in [4.69, 9.17) is 5.11 Å². The number of anilines is 1. The second kappa shape index (κ2) is 4.68. The minimum Gasteiger partial charge on any atom is -0.478 e. The lowest BCUT2D eigenvalue weighted by atomic mass is 9.91. The van der Waals surface area contributed by atoms with Crippen LogP contribution in [0.3, 0.4) is 0 Å². The zero-order valence-corrected chi connectivity index (χ0v) is 11.6. The van der Waals surface area contributed by atoms with Gasteiger partial charge in [-0.15, -0.1) is 0 Å². The van der Waals surface area contributed by atoms with Gasteiger partial charge in [-0.05, 0) is 30.5 Å². The van der Waals surface area contributed by atoms with E-state index in [1.54, 1.807) is 17.0 Å². The number of hydrogen-bond donors (Lipinski definition) is 1. The molecule has 0 aliphatic carbocycles. The van der Waals surface area contributed by atoms with Crippen molar-refractivity contribution in [3.05, 3.63) is 29.3 Å². The largest absolute Gasteiger partial charge is 0.478 e. The number of carbonyl (C=O) groups excluding carboxylic acids is 1. The Bertz CT molecular complexity index is 529. The van der Waals surface area contributed by atoms with E-state index in [2.05, 4.69) is 0 Å². The van der Waals surface area contributed by atoms with Crippen LogP contribution < -0.4 is 4.90 Å². The lowest BCUT2D eigenvalue weighted by Crippen LogP contribution is -2.42. The topological polar surface area (TPSA) is 57.6 Å². The van der Waals surface area contributed by atoms with E-state index in [9.17, 15) is 9.59 Å². The molecule has 0 atom stereocenters. The fraction of sp³-hybridized carbons (Fsp3) is 0.467. The van der Waals surface area contributed by atoms with Gasteiger partial charge in [0.25, 0.3) is 0 Å². The Labute approximate surface area is 113 Å². The number of aromatic carboxylic acids is 1. The molecular formula is C15H19NO3. The number of nitrogens with zero attached hydrogens (tertiary/aromatic N) is 1.